The van der Waals surface area contributed by atoms with Crippen LogP contribution in [0.4, 0.5) is 0 Å². The number of hydrogen-bond acceptors (Lipinski definition) is 10. The standard InChI is InChI=1S/C25H32O10/c1-22(13-26)24(3,32)25(4,33)23(2,31)21(35-22)34-16-9-10-17(19(29)11-16)20(30)12-18(28)14-5-7-15(27)8-6-14/h5-11,18,21,26-29,31-33H,12-13H2,1-4H3/t18-,21+,22+,23+,24-,25-/m1/s1. The lowest BCUT2D eigenvalue weighted by Gasteiger charge is -2.61. The van der Waals surface area contributed by atoms with Crippen LogP contribution in [-0.4, -0.2) is 76.8 Å². The Morgan fingerprint density at radius 2 is 1.60 bits per heavy atom. The zero-order valence-corrected chi connectivity index (χ0v) is 20.0. The van der Waals surface area contributed by atoms with Gasteiger partial charge in [0.2, 0.25) is 6.29 Å². The van der Waals surface area contributed by atoms with Gasteiger partial charge in [-0.15, -0.1) is 0 Å². The van der Waals surface area contributed by atoms with Crippen LogP contribution in [0.15, 0.2) is 42.5 Å². The van der Waals surface area contributed by atoms with Crippen molar-refractivity contribution < 1.29 is 50.0 Å². The number of ketones is 1. The number of rotatable bonds is 7. The van der Waals surface area contributed by atoms with Gasteiger partial charge >= 0.3 is 0 Å². The first-order valence-corrected chi connectivity index (χ1v) is 11.0. The lowest BCUT2D eigenvalue weighted by atomic mass is 9.63. The van der Waals surface area contributed by atoms with Gasteiger partial charge in [-0.05, 0) is 57.5 Å². The highest BCUT2D eigenvalue weighted by Gasteiger charge is 2.71. The van der Waals surface area contributed by atoms with Crippen LogP contribution in [0.3, 0.4) is 0 Å². The summed E-state index contributed by atoms with van der Waals surface area (Å²) in [6.45, 7) is 4.27. The SMILES string of the molecule is C[C@]1(O)[C@](C)(O)[C@](C)(CO)O[C@H](Oc2ccc(C(=O)C[C@@H](O)c3ccc(O)cc3)c(O)c2)[C@]1(C)O. The molecule has 0 aliphatic carbocycles. The van der Waals surface area contributed by atoms with Crippen LogP contribution in [0, 0.1) is 0 Å². The average molecular weight is 493 g/mol. The van der Waals surface area contributed by atoms with E-state index in [1.54, 1.807) is 0 Å². The molecule has 2 aromatic rings. The first-order valence-electron chi connectivity index (χ1n) is 11.0. The second-order valence-electron chi connectivity index (χ2n) is 9.66. The molecule has 3 rings (SSSR count). The summed E-state index contributed by atoms with van der Waals surface area (Å²) in [4.78, 5) is 12.6. The van der Waals surface area contributed by atoms with Crippen LogP contribution < -0.4 is 4.74 Å². The van der Waals surface area contributed by atoms with Gasteiger partial charge in [-0.1, -0.05) is 12.1 Å². The Kier molecular flexibility index (Phi) is 6.95. The summed E-state index contributed by atoms with van der Waals surface area (Å²) < 4.78 is 11.4. The van der Waals surface area contributed by atoms with Gasteiger partial charge in [-0.2, -0.15) is 0 Å². The molecule has 0 spiro atoms. The van der Waals surface area contributed by atoms with E-state index in [9.17, 15) is 40.5 Å². The van der Waals surface area contributed by atoms with E-state index in [0.717, 1.165) is 6.07 Å². The second-order valence-corrected chi connectivity index (χ2v) is 9.66. The van der Waals surface area contributed by atoms with E-state index in [4.69, 9.17) is 9.47 Å². The zero-order valence-electron chi connectivity index (χ0n) is 20.0. The lowest BCUT2D eigenvalue weighted by molar-refractivity contribution is -0.404. The molecule has 1 saturated heterocycles. The summed E-state index contributed by atoms with van der Waals surface area (Å²) in [6, 6.07) is 9.43. The van der Waals surface area contributed by atoms with Crippen LogP contribution in [0.25, 0.3) is 0 Å². The molecular weight excluding hydrogens is 460 g/mol. The molecule has 1 heterocycles. The Morgan fingerprint density at radius 1 is 1.00 bits per heavy atom. The summed E-state index contributed by atoms with van der Waals surface area (Å²) in [6.07, 6.45) is -3.06. The number of benzene rings is 2. The summed E-state index contributed by atoms with van der Waals surface area (Å²) >= 11 is 0. The number of carbonyl (C=O) groups is 1. The molecule has 35 heavy (non-hydrogen) atoms. The maximum atomic E-state index is 12.6. The van der Waals surface area contributed by atoms with Gasteiger partial charge < -0.3 is 45.2 Å². The molecule has 0 bridgehead atoms. The fraction of sp³-hybridized carbons (Fsp3) is 0.480. The summed E-state index contributed by atoms with van der Waals surface area (Å²) in [5, 5.41) is 72.8. The molecule has 10 nitrogen and oxygen atoms in total. The van der Waals surface area contributed by atoms with E-state index in [-0.39, 0.29) is 23.5 Å². The minimum atomic E-state index is -2.19. The molecule has 10 heteroatoms. The fourth-order valence-electron chi connectivity index (χ4n) is 4.08. The van der Waals surface area contributed by atoms with Gasteiger partial charge in [0.05, 0.1) is 18.3 Å². The molecule has 2 aromatic carbocycles. The first kappa shape index (κ1) is 26.9. The van der Waals surface area contributed by atoms with E-state index < -0.39 is 52.9 Å². The Bertz CT molecular complexity index is 1080. The quantitative estimate of drug-likeness (QED) is 0.277. The highest BCUT2D eigenvalue weighted by Crippen LogP contribution is 2.49. The maximum absolute atomic E-state index is 12.6. The van der Waals surface area contributed by atoms with Crippen LogP contribution in [0.1, 0.15) is 56.1 Å². The third kappa shape index (κ3) is 4.49. The van der Waals surface area contributed by atoms with Gasteiger partial charge in [0.15, 0.2) is 11.4 Å². The molecule has 1 aliphatic rings. The summed E-state index contributed by atoms with van der Waals surface area (Å²) in [5.74, 6) is -1.01. The van der Waals surface area contributed by atoms with Gasteiger partial charge in [0, 0.05) is 12.5 Å². The van der Waals surface area contributed by atoms with Crippen LogP contribution in [0.2, 0.25) is 0 Å². The summed E-state index contributed by atoms with van der Waals surface area (Å²) in [5.41, 5.74) is -7.81. The zero-order chi connectivity index (χ0) is 26.4. The van der Waals surface area contributed by atoms with Gasteiger partial charge in [0.25, 0.3) is 0 Å². The Labute approximate surface area is 202 Å². The third-order valence-corrected chi connectivity index (χ3v) is 7.26. The highest BCUT2D eigenvalue weighted by molar-refractivity contribution is 5.99. The average Bonchev–Trinajstić information content (AvgIpc) is 2.77. The molecule has 6 atom stereocenters. The molecule has 1 aliphatic heterocycles. The first-order chi connectivity index (χ1) is 16.1. The van der Waals surface area contributed by atoms with E-state index >= 15 is 0 Å². The number of phenols is 2. The number of aliphatic hydroxyl groups is 5. The van der Waals surface area contributed by atoms with Crippen molar-refractivity contribution >= 4 is 5.78 Å². The van der Waals surface area contributed by atoms with Crippen LogP contribution in [-0.2, 0) is 4.74 Å². The highest BCUT2D eigenvalue weighted by atomic mass is 16.7. The van der Waals surface area contributed by atoms with Crippen molar-refractivity contribution in [2.24, 2.45) is 0 Å². The van der Waals surface area contributed by atoms with Crippen molar-refractivity contribution in [1.82, 2.24) is 0 Å². The van der Waals surface area contributed by atoms with Crippen LogP contribution in [0.5, 0.6) is 17.2 Å². The Hall–Kier alpha value is -2.73. The van der Waals surface area contributed by atoms with Gasteiger partial charge in [-0.3, -0.25) is 4.79 Å². The van der Waals surface area contributed by atoms with Gasteiger partial charge in [-0.25, -0.2) is 0 Å². The predicted molar refractivity (Wildman–Crippen MR) is 123 cm³/mol. The van der Waals surface area contributed by atoms with Crippen molar-refractivity contribution in [3.05, 3.63) is 53.6 Å². The Morgan fingerprint density at radius 3 is 2.14 bits per heavy atom. The third-order valence-electron chi connectivity index (χ3n) is 7.26. The molecule has 0 amide bonds. The molecular formula is C25H32O10. The second kappa shape index (κ2) is 9.05. The van der Waals surface area contributed by atoms with E-state index in [0.29, 0.717) is 5.56 Å². The monoisotopic (exact) mass is 492 g/mol. The molecule has 7 N–H and O–H groups in total. The van der Waals surface area contributed by atoms with Crippen molar-refractivity contribution in [1.29, 1.82) is 0 Å². The Balaban J connectivity index is 1.80. The summed E-state index contributed by atoms with van der Waals surface area (Å²) in [7, 11) is 0. The van der Waals surface area contributed by atoms with E-state index in [1.165, 1.54) is 64.1 Å². The molecule has 0 unspecified atom stereocenters. The number of ether oxygens (including phenoxy) is 2. The number of aliphatic hydroxyl groups excluding tert-OH is 2. The normalized spacial score (nSPS) is 33.8. The minimum Gasteiger partial charge on any atom is -0.508 e. The molecule has 0 radical (unpaired) electrons. The van der Waals surface area contributed by atoms with Crippen molar-refractivity contribution in [2.45, 2.75) is 68.9 Å². The van der Waals surface area contributed by atoms with Crippen molar-refractivity contribution in [3.63, 3.8) is 0 Å². The minimum absolute atomic E-state index is 0.0193. The van der Waals surface area contributed by atoms with E-state index in [1.807, 2.05) is 0 Å². The molecule has 1 fully saturated rings. The smallest absolute Gasteiger partial charge is 0.232 e. The largest absolute Gasteiger partial charge is 0.508 e. The van der Waals surface area contributed by atoms with Crippen molar-refractivity contribution in [2.75, 3.05) is 6.61 Å². The number of aromatic hydroxyl groups is 2. The maximum Gasteiger partial charge on any atom is 0.232 e. The molecule has 0 saturated carbocycles. The molecule has 0 aromatic heterocycles. The number of Topliss-reactive ketones (excluding diaryl/α,β-unsaturated/α-hetero) is 1. The topological polar surface area (TPSA) is 177 Å². The predicted octanol–water partition coefficient (Wildman–Crippen LogP) is 1.14. The van der Waals surface area contributed by atoms with Crippen LogP contribution >= 0.6 is 0 Å². The lowest BCUT2D eigenvalue weighted by Crippen LogP contribution is -2.82. The number of hydrogen-bond donors (Lipinski definition) is 7. The fourth-order valence-corrected chi connectivity index (χ4v) is 4.08. The molecule has 192 valence electrons. The van der Waals surface area contributed by atoms with E-state index in [2.05, 4.69) is 0 Å². The van der Waals surface area contributed by atoms with Crippen molar-refractivity contribution in [3.8, 4) is 17.2 Å². The number of phenolic OH excluding ortho intramolecular Hbond substituents is 2. The van der Waals surface area contributed by atoms with Gasteiger partial charge in [0.1, 0.15) is 34.1 Å². The number of carbonyl (C=O) groups excluding carboxylic acids is 1.